The molecule has 1 unspecified atom stereocenters. The number of benzene rings is 1. The van der Waals surface area contributed by atoms with E-state index in [1.54, 1.807) is 22.5 Å². The molecular formula is C31H33FN6O3S. The molecule has 0 aliphatic carbocycles. The molecule has 1 atom stereocenters. The third-order valence-corrected chi connectivity index (χ3v) is 9.38. The third kappa shape index (κ3) is 4.56. The molecule has 11 heteroatoms. The number of ether oxygens (including phenoxy) is 1. The molecule has 0 spiro atoms. The summed E-state index contributed by atoms with van der Waals surface area (Å²) in [6, 6.07) is 8.25. The summed E-state index contributed by atoms with van der Waals surface area (Å²) in [7, 11) is 0. The molecule has 3 aromatic rings. The highest BCUT2D eigenvalue weighted by molar-refractivity contribution is 7.13. The average molecular weight is 589 g/mol. The van der Waals surface area contributed by atoms with E-state index in [0.717, 1.165) is 24.0 Å². The van der Waals surface area contributed by atoms with Crippen LogP contribution in [0, 0.1) is 11.2 Å². The highest BCUT2D eigenvalue weighted by Crippen LogP contribution is 2.55. The number of nitrogens with one attached hydrogen (secondary N) is 2. The van der Waals surface area contributed by atoms with Gasteiger partial charge in [0, 0.05) is 35.2 Å². The fraction of sp³-hybridized carbons (Fsp3) is 0.387. The fourth-order valence-corrected chi connectivity index (χ4v) is 6.30. The second-order valence-electron chi connectivity index (χ2n) is 12.2. The summed E-state index contributed by atoms with van der Waals surface area (Å²) < 4.78 is 21.6. The zero-order valence-corrected chi connectivity index (χ0v) is 25.1. The average Bonchev–Trinajstić information content (AvgIpc) is 3.66. The lowest BCUT2D eigenvalue weighted by Gasteiger charge is -2.49. The van der Waals surface area contributed by atoms with Gasteiger partial charge in [-0.3, -0.25) is 9.59 Å². The second-order valence-corrected chi connectivity index (χ2v) is 13.0. The number of carbonyl (C=O) groups is 2. The number of dihydropyridines is 1. The Morgan fingerprint density at radius 3 is 2.60 bits per heavy atom. The van der Waals surface area contributed by atoms with E-state index in [9.17, 15) is 9.59 Å². The van der Waals surface area contributed by atoms with E-state index in [-0.39, 0.29) is 17.4 Å². The number of fused-ring (bicyclic) bond motifs is 1. The van der Waals surface area contributed by atoms with Gasteiger partial charge in [0.1, 0.15) is 11.3 Å². The lowest BCUT2D eigenvalue weighted by Crippen LogP contribution is -2.54. The van der Waals surface area contributed by atoms with E-state index >= 15 is 4.39 Å². The van der Waals surface area contributed by atoms with Crippen LogP contribution in [0.5, 0.6) is 5.88 Å². The number of amides is 2. The van der Waals surface area contributed by atoms with Crippen molar-refractivity contribution in [1.29, 1.82) is 0 Å². The number of likely N-dealkylation sites (tertiary alicyclic amines) is 1. The topological polar surface area (TPSA) is 109 Å². The van der Waals surface area contributed by atoms with E-state index in [1.165, 1.54) is 23.5 Å². The predicted octanol–water partition coefficient (Wildman–Crippen LogP) is 5.44. The minimum atomic E-state index is -1.00. The maximum atomic E-state index is 15.2. The minimum Gasteiger partial charge on any atom is -0.422 e. The highest BCUT2D eigenvalue weighted by Gasteiger charge is 2.55. The molecule has 2 amide bonds. The first kappa shape index (κ1) is 28.0. The quantitative estimate of drug-likeness (QED) is 0.409. The Kier molecular flexibility index (Phi) is 6.68. The first-order valence-electron chi connectivity index (χ1n) is 14.0. The maximum absolute atomic E-state index is 15.2. The van der Waals surface area contributed by atoms with Crippen molar-refractivity contribution >= 4 is 28.3 Å². The smallest absolute Gasteiger partial charge is 0.256 e. The van der Waals surface area contributed by atoms with E-state index in [4.69, 9.17) is 9.72 Å². The molecule has 0 saturated carbocycles. The van der Waals surface area contributed by atoms with E-state index in [2.05, 4.69) is 20.8 Å². The number of aromatic nitrogens is 3. The van der Waals surface area contributed by atoms with Gasteiger partial charge in [0.2, 0.25) is 16.9 Å². The largest absolute Gasteiger partial charge is 0.422 e. The lowest BCUT2D eigenvalue weighted by atomic mass is 9.57. The molecule has 3 aliphatic heterocycles. The molecular weight excluding hydrogens is 555 g/mol. The van der Waals surface area contributed by atoms with Crippen molar-refractivity contribution in [3.05, 3.63) is 76.4 Å². The highest BCUT2D eigenvalue weighted by atomic mass is 32.1. The molecule has 2 N–H and O–H groups in total. The number of anilines is 1. The molecule has 218 valence electrons. The van der Waals surface area contributed by atoms with Gasteiger partial charge in [-0.2, -0.15) is 0 Å². The number of nitrogens with zero attached hydrogens (tertiary/aromatic N) is 4. The summed E-state index contributed by atoms with van der Waals surface area (Å²) in [5.41, 5.74) is 1.88. The van der Waals surface area contributed by atoms with E-state index in [1.807, 2.05) is 52.8 Å². The van der Waals surface area contributed by atoms with Gasteiger partial charge in [-0.1, -0.05) is 35.6 Å². The number of hydrogen-bond acceptors (Lipinski definition) is 8. The standard InChI is InChI=1S/C31H33FN6O3S/c1-29(2)13-12-21-25(36-29)41-24-20(31(21,5)30(3,4)27(40)35-28-37-33-17-42-28)10-11-23(34-24)18-8-9-19(22(32)16-18)26(39)38-14-6-7-15-38/h8-13,16-17,36H,6-7,14-15H2,1-5H3,(H,35,37,40). The molecule has 1 fully saturated rings. The van der Waals surface area contributed by atoms with Gasteiger partial charge in [-0.25, -0.2) is 9.37 Å². The number of halogens is 1. The van der Waals surface area contributed by atoms with Crippen LogP contribution in [0.2, 0.25) is 0 Å². The Balaban J connectivity index is 1.40. The molecule has 3 aliphatic rings. The molecule has 9 nitrogen and oxygen atoms in total. The maximum Gasteiger partial charge on any atom is 0.256 e. The van der Waals surface area contributed by atoms with Crippen LogP contribution >= 0.6 is 11.3 Å². The second kappa shape index (κ2) is 10.0. The Morgan fingerprint density at radius 1 is 1.14 bits per heavy atom. The molecule has 6 rings (SSSR count). The zero-order chi connectivity index (χ0) is 29.9. The lowest BCUT2D eigenvalue weighted by molar-refractivity contribution is -0.126. The first-order chi connectivity index (χ1) is 19.9. The molecule has 42 heavy (non-hydrogen) atoms. The third-order valence-electron chi connectivity index (χ3n) is 8.77. The van der Waals surface area contributed by atoms with Crippen LogP contribution in [0.3, 0.4) is 0 Å². The van der Waals surface area contributed by atoms with Crippen molar-refractivity contribution in [2.24, 2.45) is 5.41 Å². The van der Waals surface area contributed by atoms with Crippen molar-refractivity contribution in [2.45, 2.75) is 58.4 Å². The van der Waals surface area contributed by atoms with Gasteiger partial charge >= 0.3 is 0 Å². The number of hydrogen-bond donors (Lipinski definition) is 2. The summed E-state index contributed by atoms with van der Waals surface area (Å²) in [4.78, 5) is 33.1. The molecule has 1 saturated heterocycles. The molecule has 5 heterocycles. The van der Waals surface area contributed by atoms with Gasteiger partial charge in [-0.05, 0) is 65.7 Å². The van der Waals surface area contributed by atoms with Crippen molar-refractivity contribution in [3.63, 3.8) is 0 Å². The van der Waals surface area contributed by atoms with Crippen molar-refractivity contribution in [3.8, 4) is 17.1 Å². The SMILES string of the molecule is CC1(C)C=CC2=C(N1)Oc1nc(-c3ccc(C(=O)N4CCCC4)c(F)c3)ccc1C2(C)C(C)(C)C(=O)Nc1nncs1. The van der Waals surface area contributed by atoms with E-state index in [0.29, 0.717) is 41.2 Å². The van der Waals surface area contributed by atoms with Crippen LogP contribution in [0.4, 0.5) is 9.52 Å². The molecule has 2 aromatic heterocycles. The zero-order valence-electron chi connectivity index (χ0n) is 24.2. The van der Waals surface area contributed by atoms with Crippen LogP contribution in [0.1, 0.15) is 63.4 Å². The minimum absolute atomic E-state index is 0.0563. The van der Waals surface area contributed by atoms with Crippen LogP contribution in [-0.4, -0.2) is 50.5 Å². The van der Waals surface area contributed by atoms with Crippen molar-refractivity contribution in [1.82, 2.24) is 25.4 Å². The molecule has 0 bridgehead atoms. The normalized spacial score (nSPS) is 20.9. The number of carbonyl (C=O) groups excluding carboxylic acids is 2. The van der Waals surface area contributed by atoms with Crippen LogP contribution < -0.4 is 15.4 Å². The fourth-order valence-electron chi connectivity index (χ4n) is 5.86. The summed E-state index contributed by atoms with van der Waals surface area (Å²) in [5, 5.41) is 14.6. The Labute approximate surface area is 247 Å². The van der Waals surface area contributed by atoms with Gasteiger partial charge in [0.25, 0.3) is 5.91 Å². The summed E-state index contributed by atoms with van der Waals surface area (Å²) >= 11 is 1.25. The summed E-state index contributed by atoms with van der Waals surface area (Å²) in [6.07, 6.45) is 5.93. The van der Waals surface area contributed by atoms with Crippen LogP contribution in [-0.2, 0) is 10.2 Å². The van der Waals surface area contributed by atoms with Gasteiger partial charge < -0.3 is 20.3 Å². The molecule has 0 radical (unpaired) electrons. The van der Waals surface area contributed by atoms with Crippen molar-refractivity contribution in [2.75, 3.05) is 18.4 Å². The summed E-state index contributed by atoms with van der Waals surface area (Å²) in [6.45, 7) is 11.1. The van der Waals surface area contributed by atoms with E-state index < -0.39 is 22.2 Å². The monoisotopic (exact) mass is 588 g/mol. The van der Waals surface area contributed by atoms with Crippen molar-refractivity contribution < 1.29 is 18.7 Å². The Bertz CT molecular complexity index is 1640. The first-order valence-corrected chi connectivity index (χ1v) is 14.9. The number of pyridine rings is 1. The Morgan fingerprint density at radius 2 is 1.90 bits per heavy atom. The number of allylic oxidation sites excluding steroid dienone is 2. The van der Waals surface area contributed by atoms with Crippen LogP contribution in [0.25, 0.3) is 11.3 Å². The Hall–Kier alpha value is -4.12. The van der Waals surface area contributed by atoms with Crippen LogP contribution in [0.15, 0.2) is 59.5 Å². The summed E-state index contributed by atoms with van der Waals surface area (Å²) in [5.74, 6) is -0.279. The number of rotatable bonds is 5. The van der Waals surface area contributed by atoms with Gasteiger partial charge in [0.05, 0.1) is 22.2 Å². The molecule has 1 aromatic carbocycles. The van der Waals surface area contributed by atoms with Gasteiger partial charge in [-0.15, -0.1) is 10.2 Å². The van der Waals surface area contributed by atoms with Gasteiger partial charge in [0.15, 0.2) is 5.88 Å². The predicted molar refractivity (Wildman–Crippen MR) is 158 cm³/mol.